The van der Waals surface area contributed by atoms with Crippen molar-refractivity contribution in [3.8, 4) is 0 Å². The van der Waals surface area contributed by atoms with E-state index in [9.17, 15) is 18.0 Å². The van der Waals surface area contributed by atoms with Gasteiger partial charge in [-0.1, -0.05) is 0 Å². The zero-order valence-corrected chi connectivity index (χ0v) is 12.4. The van der Waals surface area contributed by atoms with Crippen molar-refractivity contribution in [2.75, 3.05) is 38.2 Å². The fourth-order valence-electron chi connectivity index (χ4n) is 2.82. The van der Waals surface area contributed by atoms with Crippen molar-refractivity contribution >= 4 is 11.6 Å². The van der Waals surface area contributed by atoms with Crippen molar-refractivity contribution in [2.24, 2.45) is 0 Å². The highest BCUT2D eigenvalue weighted by molar-refractivity contribution is 5.81. The molecule has 1 aromatic carbocycles. The molecule has 0 saturated carbocycles. The number of carbonyl (C=O) groups is 1. The van der Waals surface area contributed by atoms with Gasteiger partial charge in [0.15, 0.2) is 17.4 Å². The summed E-state index contributed by atoms with van der Waals surface area (Å²) < 4.78 is 50.6. The third-order valence-electron chi connectivity index (χ3n) is 4.13. The molecule has 0 aliphatic carbocycles. The monoisotopic (exact) mass is 330 g/mol. The molecule has 1 amide bonds. The van der Waals surface area contributed by atoms with E-state index in [4.69, 9.17) is 9.47 Å². The molecule has 1 aromatic rings. The summed E-state index contributed by atoms with van der Waals surface area (Å²) in [6, 6.07) is 1.14. The number of carbonyl (C=O) groups excluding carboxylic acids is 1. The molecule has 23 heavy (non-hydrogen) atoms. The quantitative estimate of drug-likeness (QED) is 0.860. The zero-order chi connectivity index (χ0) is 16.4. The lowest BCUT2D eigenvalue weighted by atomic mass is 10.0. The molecular formula is C15H17F3N2O3. The molecule has 2 aliphatic heterocycles. The van der Waals surface area contributed by atoms with Crippen molar-refractivity contribution in [1.82, 2.24) is 4.90 Å². The average molecular weight is 330 g/mol. The summed E-state index contributed by atoms with van der Waals surface area (Å²) in [5, 5.41) is 2.50. The maximum absolute atomic E-state index is 13.5. The van der Waals surface area contributed by atoms with E-state index in [1.54, 1.807) is 4.90 Å². The second-order valence-corrected chi connectivity index (χ2v) is 5.59. The van der Waals surface area contributed by atoms with Gasteiger partial charge in [0.25, 0.3) is 0 Å². The Hall–Kier alpha value is -1.80. The molecule has 0 radical (unpaired) electrons. The normalized spacial score (nSPS) is 20.0. The number of benzene rings is 1. The van der Waals surface area contributed by atoms with Crippen LogP contribution in [0, 0.1) is 17.5 Å². The lowest BCUT2D eigenvalue weighted by Crippen LogP contribution is -2.48. The van der Waals surface area contributed by atoms with Gasteiger partial charge in [-0.05, 0) is 0 Å². The van der Waals surface area contributed by atoms with Crippen molar-refractivity contribution < 1.29 is 27.4 Å². The fraction of sp³-hybridized carbons (Fsp3) is 0.533. The van der Waals surface area contributed by atoms with E-state index in [0.717, 1.165) is 0 Å². The first-order chi connectivity index (χ1) is 11.0. The van der Waals surface area contributed by atoms with Gasteiger partial charge in [0, 0.05) is 38.1 Å². The Kier molecular flexibility index (Phi) is 4.45. The van der Waals surface area contributed by atoms with Crippen LogP contribution >= 0.6 is 0 Å². The van der Waals surface area contributed by atoms with Gasteiger partial charge in [-0.3, -0.25) is 4.79 Å². The molecular weight excluding hydrogens is 313 g/mol. The Morgan fingerprint density at radius 1 is 1.09 bits per heavy atom. The van der Waals surface area contributed by atoms with Gasteiger partial charge in [0.2, 0.25) is 5.91 Å². The van der Waals surface area contributed by atoms with E-state index in [2.05, 4.69) is 5.32 Å². The van der Waals surface area contributed by atoms with Crippen LogP contribution in [0.15, 0.2) is 12.1 Å². The van der Waals surface area contributed by atoms with Crippen molar-refractivity contribution in [2.45, 2.75) is 18.6 Å². The van der Waals surface area contributed by atoms with Crippen molar-refractivity contribution in [3.63, 3.8) is 0 Å². The van der Waals surface area contributed by atoms with Crippen LogP contribution < -0.4 is 5.32 Å². The van der Waals surface area contributed by atoms with E-state index >= 15 is 0 Å². The molecule has 0 bridgehead atoms. The van der Waals surface area contributed by atoms with Crippen LogP contribution in [0.5, 0.6) is 0 Å². The Balaban J connectivity index is 1.53. The number of rotatable bonds is 3. The molecule has 3 rings (SSSR count). The summed E-state index contributed by atoms with van der Waals surface area (Å²) in [5.74, 6) is -4.20. The van der Waals surface area contributed by atoms with Crippen molar-refractivity contribution in [1.29, 1.82) is 0 Å². The van der Waals surface area contributed by atoms with Crippen LogP contribution in [-0.4, -0.2) is 49.4 Å². The third kappa shape index (κ3) is 3.42. The Labute approximate surface area is 131 Å². The minimum atomic E-state index is -1.27. The topological polar surface area (TPSA) is 50.8 Å². The van der Waals surface area contributed by atoms with E-state index in [0.29, 0.717) is 51.3 Å². The van der Waals surface area contributed by atoms with Gasteiger partial charge in [-0.15, -0.1) is 0 Å². The molecule has 126 valence electrons. The SMILES string of the molecule is O=C(CNc1cc(F)c(F)cc1F)N1CCC2(CC1)OCCO2. The minimum Gasteiger partial charge on any atom is -0.374 e. The smallest absolute Gasteiger partial charge is 0.241 e. The number of hydrogen-bond donors (Lipinski definition) is 1. The molecule has 5 nitrogen and oxygen atoms in total. The number of amides is 1. The molecule has 1 N–H and O–H groups in total. The number of anilines is 1. The van der Waals surface area contributed by atoms with Gasteiger partial charge >= 0.3 is 0 Å². The summed E-state index contributed by atoms with van der Waals surface area (Å²) in [6.07, 6.45) is 1.16. The van der Waals surface area contributed by atoms with Crippen LogP contribution in [-0.2, 0) is 14.3 Å². The van der Waals surface area contributed by atoms with E-state index < -0.39 is 23.2 Å². The summed E-state index contributed by atoms with van der Waals surface area (Å²) in [4.78, 5) is 13.7. The largest absolute Gasteiger partial charge is 0.374 e. The van der Waals surface area contributed by atoms with Crippen LogP contribution in [0.2, 0.25) is 0 Å². The zero-order valence-electron chi connectivity index (χ0n) is 12.4. The molecule has 2 fully saturated rings. The highest BCUT2D eigenvalue weighted by atomic mass is 19.2. The summed E-state index contributed by atoms with van der Waals surface area (Å²) in [6.45, 7) is 1.87. The second-order valence-electron chi connectivity index (χ2n) is 5.59. The highest BCUT2D eigenvalue weighted by Gasteiger charge is 2.40. The van der Waals surface area contributed by atoms with Gasteiger partial charge in [0.1, 0.15) is 5.82 Å². The number of nitrogens with zero attached hydrogens (tertiary/aromatic N) is 1. The predicted molar refractivity (Wildman–Crippen MR) is 75.3 cm³/mol. The maximum atomic E-state index is 13.5. The van der Waals surface area contributed by atoms with Crippen LogP contribution in [0.3, 0.4) is 0 Å². The van der Waals surface area contributed by atoms with Gasteiger partial charge in [-0.2, -0.15) is 0 Å². The molecule has 2 saturated heterocycles. The molecule has 0 unspecified atom stereocenters. The number of hydrogen-bond acceptors (Lipinski definition) is 4. The Morgan fingerprint density at radius 2 is 1.70 bits per heavy atom. The van der Waals surface area contributed by atoms with Crippen LogP contribution in [0.1, 0.15) is 12.8 Å². The van der Waals surface area contributed by atoms with Gasteiger partial charge in [-0.25, -0.2) is 13.2 Å². The highest BCUT2D eigenvalue weighted by Crippen LogP contribution is 2.31. The first-order valence-electron chi connectivity index (χ1n) is 7.43. The summed E-state index contributed by atoms with van der Waals surface area (Å²) in [7, 11) is 0. The average Bonchev–Trinajstić information content (AvgIpc) is 2.98. The number of piperidine rings is 1. The molecule has 2 aliphatic rings. The second kappa shape index (κ2) is 6.37. The van der Waals surface area contributed by atoms with Gasteiger partial charge in [0.05, 0.1) is 25.4 Å². The van der Waals surface area contributed by atoms with Crippen LogP contribution in [0.4, 0.5) is 18.9 Å². The number of halogens is 3. The molecule has 0 aromatic heterocycles. The standard InChI is InChI=1S/C15H17F3N2O3/c16-10-7-12(18)13(8-11(10)17)19-9-14(21)20-3-1-15(2-4-20)22-5-6-23-15/h7-8,19H,1-6,9H2. The maximum Gasteiger partial charge on any atom is 0.241 e. The van der Waals surface area contributed by atoms with Crippen LogP contribution in [0.25, 0.3) is 0 Å². The lowest BCUT2D eigenvalue weighted by Gasteiger charge is -2.37. The first-order valence-corrected chi connectivity index (χ1v) is 7.43. The number of nitrogens with one attached hydrogen (secondary N) is 1. The first kappa shape index (κ1) is 16.1. The van der Waals surface area contributed by atoms with E-state index in [1.807, 2.05) is 0 Å². The lowest BCUT2D eigenvalue weighted by molar-refractivity contribution is -0.187. The number of ether oxygens (including phenoxy) is 2. The Morgan fingerprint density at radius 3 is 2.35 bits per heavy atom. The molecule has 2 heterocycles. The Bertz CT molecular complexity index is 596. The third-order valence-corrected chi connectivity index (χ3v) is 4.13. The van der Waals surface area contributed by atoms with Gasteiger partial charge < -0.3 is 19.7 Å². The van der Waals surface area contributed by atoms with E-state index in [-0.39, 0.29) is 18.1 Å². The predicted octanol–water partition coefficient (Wildman–Crippen LogP) is 1.88. The van der Waals surface area contributed by atoms with Crippen molar-refractivity contribution in [3.05, 3.63) is 29.6 Å². The number of likely N-dealkylation sites (tertiary alicyclic amines) is 1. The molecule has 0 atom stereocenters. The summed E-state index contributed by atoms with van der Waals surface area (Å²) >= 11 is 0. The van der Waals surface area contributed by atoms with E-state index in [1.165, 1.54) is 0 Å². The molecule has 1 spiro atoms. The molecule has 8 heteroatoms. The summed E-state index contributed by atoms with van der Waals surface area (Å²) in [5.41, 5.74) is -0.242. The minimum absolute atomic E-state index is 0.198. The fourth-order valence-corrected chi connectivity index (χ4v) is 2.82.